The third-order valence-corrected chi connectivity index (χ3v) is 15.3. The van der Waals surface area contributed by atoms with Crippen molar-refractivity contribution in [2.45, 2.75) is 374 Å². The molecule has 6 heteroatoms. The van der Waals surface area contributed by atoms with Gasteiger partial charge in [-0.2, -0.15) is 0 Å². The maximum Gasteiger partial charge on any atom is 0.306 e. The monoisotopic (exact) mass is 1080 g/mol. The summed E-state index contributed by atoms with van der Waals surface area (Å²) in [6, 6.07) is 0. The topological polar surface area (TPSA) is 78.9 Å². The number of hydrogen-bond donors (Lipinski definition) is 0. The van der Waals surface area contributed by atoms with E-state index in [1.807, 2.05) is 0 Å². The van der Waals surface area contributed by atoms with Crippen LogP contribution in [0.15, 0.2) is 48.6 Å². The molecule has 6 nitrogen and oxygen atoms in total. The van der Waals surface area contributed by atoms with Gasteiger partial charge in [0.1, 0.15) is 13.2 Å². The highest BCUT2D eigenvalue weighted by Gasteiger charge is 2.19. The Hall–Kier alpha value is -2.63. The van der Waals surface area contributed by atoms with Gasteiger partial charge in [0.15, 0.2) is 6.10 Å². The number of esters is 3. The van der Waals surface area contributed by atoms with Gasteiger partial charge in [0.05, 0.1) is 0 Å². The number of carbonyl (C=O) groups excluding carboxylic acids is 3. The molecule has 0 N–H and O–H groups in total. The number of ether oxygens (including phenoxy) is 3. The largest absolute Gasteiger partial charge is 0.462 e. The molecule has 77 heavy (non-hydrogen) atoms. The molecule has 0 fully saturated rings. The summed E-state index contributed by atoms with van der Waals surface area (Å²) >= 11 is 0. The van der Waals surface area contributed by atoms with Gasteiger partial charge in [0.25, 0.3) is 0 Å². The molecule has 0 amide bonds. The zero-order chi connectivity index (χ0) is 55.7. The molecule has 0 aromatic heterocycles. The van der Waals surface area contributed by atoms with Crippen LogP contribution in [0.5, 0.6) is 0 Å². The molecule has 0 aliphatic carbocycles. The Kier molecular flexibility index (Phi) is 63.6. The lowest BCUT2D eigenvalue weighted by atomic mass is 10.0. The smallest absolute Gasteiger partial charge is 0.306 e. The van der Waals surface area contributed by atoms with Crippen LogP contribution in [-0.4, -0.2) is 37.2 Å². The van der Waals surface area contributed by atoms with E-state index in [1.54, 1.807) is 0 Å². The highest BCUT2D eigenvalue weighted by molar-refractivity contribution is 5.71. The van der Waals surface area contributed by atoms with E-state index in [4.69, 9.17) is 14.2 Å². The SMILES string of the molecule is CCCCCCC/C=C\C/C=C\C/C=C\CCCCCCCCCCCCCCCCCCCCC(=O)OCC(COC(=O)CCCCCCCCC)OC(=O)CCCCCCCCCCC/C=C\CCCCCCCC. The van der Waals surface area contributed by atoms with Gasteiger partial charge in [-0.1, -0.05) is 313 Å². The van der Waals surface area contributed by atoms with Gasteiger partial charge in [-0.15, -0.1) is 0 Å². The van der Waals surface area contributed by atoms with E-state index in [-0.39, 0.29) is 31.1 Å². The quantitative estimate of drug-likeness (QED) is 0.0261. The van der Waals surface area contributed by atoms with Crippen LogP contribution in [0, 0.1) is 0 Å². The minimum atomic E-state index is -0.769. The van der Waals surface area contributed by atoms with Crippen molar-refractivity contribution >= 4 is 17.9 Å². The first-order valence-corrected chi connectivity index (χ1v) is 34.1. The van der Waals surface area contributed by atoms with Crippen molar-refractivity contribution in [3.63, 3.8) is 0 Å². The summed E-state index contributed by atoms with van der Waals surface area (Å²) in [5.41, 5.74) is 0. The van der Waals surface area contributed by atoms with E-state index in [0.29, 0.717) is 19.3 Å². The van der Waals surface area contributed by atoms with Gasteiger partial charge in [0, 0.05) is 19.3 Å². The molecule has 450 valence electrons. The summed E-state index contributed by atoms with van der Waals surface area (Å²) in [5.74, 6) is -0.857. The first kappa shape index (κ1) is 74.4. The Morgan fingerprint density at radius 1 is 0.260 bits per heavy atom. The summed E-state index contributed by atoms with van der Waals surface area (Å²) in [4.78, 5) is 38.1. The second kappa shape index (κ2) is 65.9. The second-order valence-electron chi connectivity index (χ2n) is 23.1. The van der Waals surface area contributed by atoms with E-state index < -0.39 is 6.10 Å². The molecule has 1 atom stereocenters. The fraction of sp³-hybridized carbons (Fsp3) is 0.845. The van der Waals surface area contributed by atoms with Crippen molar-refractivity contribution in [2.75, 3.05) is 13.2 Å². The zero-order valence-electron chi connectivity index (χ0n) is 51.7. The van der Waals surface area contributed by atoms with Crippen molar-refractivity contribution in [1.29, 1.82) is 0 Å². The lowest BCUT2D eigenvalue weighted by molar-refractivity contribution is -0.167. The average molecular weight is 1080 g/mol. The molecule has 0 aromatic carbocycles. The van der Waals surface area contributed by atoms with Crippen LogP contribution in [-0.2, 0) is 28.6 Å². The first-order chi connectivity index (χ1) is 38.0. The minimum absolute atomic E-state index is 0.0691. The van der Waals surface area contributed by atoms with E-state index >= 15 is 0 Å². The van der Waals surface area contributed by atoms with Gasteiger partial charge >= 0.3 is 17.9 Å². The number of carbonyl (C=O) groups is 3. The highest BCUT2D eigenvalue weighted by Crippen LogP contribution is 2.18. The highest BCUT2D eigenvalue weighted by atomic mass is 16.6. The maximum absolute atomic E-state index is 12.9. The predicted molar refractivity (Wildman–Crippen MR) is 335 cm³/mol. The molecule has 0 saturated carbocycles. The molecular formula is C71H130O6. The Morgan fingerprint density at radius 3 is 0.740 bits per heavy atom. The lowest BCUT2D eigenvalue weighted by Crippen LogP contribution is -2.30. The van der Waals surface area contributed by atoms with Gasteiger partial charge in [-0.05, 0) is 83.5 Å². The number of rotatable bonds is 63. The molecule has 0 heterocycles. The fourth-order valence-corrected chi connectivity index (χ4v) is 10.2. The summed E-state index contributed by atoms with van der Waals surface area (Å²) in [6.07, 6.45) is 83.1. The van der Waals surface area contributed by atoms with Crippen molar-refractivity contribution in [1.82, 2.24) is 0 Å². The predicted octanol–water partition coefficient (Wildman–Crippen LogP) is 23.3. The Labute approximate surface area is 479 Å². The standard InChI is InChI=1S/C71H130O6/c1-4-7-10-13-16-18-20-22-24-26-28-29-30-31-32-33-34-35-36-37-38-39-40-41-43-44-46-48-50-52-55-58-61-64-70(73)76-67-68(66-75-69(72)63-60-57-54-15-12-9-6-3)77-71(74)65-62-59-56-53-51-49-47-45-42-27-25-23-21-19-17-14-11-8-5-2/h20,22-23,25-26,28,30-31,68H,4-19,21,24,27,29,32-67H2,1-3H3/b22-20-,25-23-,28-26-,31-30-. The second-order valence-corrected chi connectivity index (χ2v) is 23.1. The Bertz CT molecular complexity index is 1330. The molecule has 0 bridgehead atoms. The van der Waals surface area contributed by atoms with Crippen LogP contribution in [0.1, 0.15) is 367 Å². The van der Waals surface area contributed by atoms with E-state index in [2.05, 4.69) is 69.4 Å². The molecular weight excluding hydrogens is 949 g/mol. The maximum atomic E-state index is 12.9. The molecule has 0 rings (SSSR count). The molecule has 0 aromatic rings. The van der Waals surface area contributed by atoms with Crippen molar-refractivity contribution < 1.29 is 28.6 Å². The molecule has 0 radical (unpaired) electrons. The van der Waals surface area contributed by atoms with Crippen molar-refractivity contribution in [3.05, 3.63) is 48.6 Å². The molecule has 1 unspecified atom stereocenters. The lowest BCUT2D eigenvalue weighted by Gasteiger charge is -2.18. The normalized spacial score (nSPS) is 12.3. The van der Waals surface area contributed by atoms with E-state index in [9.17, 15) is 14.4 Å². The Balaban J connectivity index is 4.00. The average Bonchev–Trinajstić information content (AvgIpc) is 3.43. The van der Waals surface area contributed by atoms with Crippen LogP contribution in [0.4, 0.5) is 0 Å². The summed E-state index contributed by atoms with van der Waals surface area (Å²) in [7, 11) is 0. The molecule has 0 aliphatic heterocycles. The van der Waals surface area contributed by atoms with Gasteiger partial charge in [0.2, 0.25) is 0 Å². The Morgan fingerprint density at radius 2 is 0.468 bits per heavy atom. The van der Waals surface area contributed by atoms with Crippen LogP contribution in [0.3, 0.4) is 0 Å². The number of allylic oxidation sites excluding steroid dienone is 8. The molecule has 0 saturated heterocycles. The van der Waals surface area contributed by atoms with Crippen LogP contribution < -0.4 is 0 Å². The van der Waals surface area contributed by atoms with Crippen LogP contribution in [0.2, 0.25) is 0 Å². The third-order valence-electron chi connectivity index (χ3n) is 15.3. The molecule has 0 aliphatic rings. The van der Waals surface area contributed by atoms with Gasteiger partial charge in [-0.3, -0.25) is 14.4 Å². The summed E-state index contributed by atoms with van der Waals surface area (Å²) in [5, 5.41) is 0. The van der Waals surface area contributed by atoms with E-state index in [0.717, 1.165) is 70.6 Å². The zero-order valence-corrected chi connectivity index (χ0v) is 51.7. The van der Waals surface area contributed by atoms with Gasteiger partial charge in [-0.25, -0.2) is 0 Å². The van der Waals surface area contributed by atoms with Crippen LogP contribution >= 0.6 is 0 Å². The number of unbranched alkanes of at least 4 members (excludes halogenated alkanes) is 44. The summed E-state index contributed by atoms with van der Waals surface area (Å²) < 4.78 is 16.9. The van der Waals surface area contributed by atoms with Crippen molar-refractivity contribution in [2.24, 2.45) is 0 Å². The third kappa shape index (κ3) is 64.1. The van der Waals surface area contributed by atoms with Crippen LogP contribution in [0.25, 0.3) is 0 Å². The van der Waals surface area contributed by atoms with Gasteiger partial charge < -0.3 is 14.2 Å². The number of hydrogen-bond acceptors (Lipinski definition) is 6. The van der Waals surface area contributed by atoms with Crippen molar-refractivity contribution in [3.8, 4) is 0 Å². The van der Waals surface area contributed by atoms with E-state index in [1.165, 1.54) is 257 Å². The molecule has 0 spiro atoms. The minimum Gasteiger partial charge on any atom is -0.462 e. The fourth-order valence-electron chi connectivity index (χ4n) is 10.2. The first-order valence-electron chi connectivity index (χ1n) is 34.1. The summed E-state index contributed by atoms with van der Waals surface area (Å²) in [6.45, 7) is 6.63.